The maximum atomic E-state index is 13.9. The molecular weight excluding hydrogens is 395 g/mol. The van der Waals surface area contributed by atoms with Crippen LogP contribution in [0.2, 0.25) is 0 Å². The number of benzene rings is 1. The number of anilines is 3. The monoisotopic (exact) mass is 420 g/mol. The normalized spacial score (nSPS) is 13.9. The van der Waals surface area contributed by atoms with Crippen molar-refractivity contribution < 1.29 is 9.18 Å². The van der Waals surface area contributed by atoms with E-state index < -0.39 is 0 Å². The number of hydrogen-bond acceptors (Lipinski definition) is 6. The second kappa shape index (κ2) is 9.07. The number of aromatic nitrogens is 3. The number of amides is 1. The maximum absolute atomic E-state index is 13.9. The molecule has 0 saturated carbocycles. The van der Waals surface area contributed by atoms with Crippen LogP contribution < -0.4 is 10.2 Å². The first-order valence-corrected chi connectivity index (χ1v) is 10.3. The number of carbonyl (C=O) groups excluding carboxylic acids is 1. The summed E-state index contributed by atoms with van der Waals surface area (Å²) in [5.74, 6) is 2.48. The first-order chi connectivity index (χ1) is 15.0. The van der Waals surface area contributed by atoms with E-state index in [-0.39, 0.29) is 18.1 Å². The summed E-state index contributed by atoms with van der Waals surface area (Å²) in [4.78, 5) is 29.9. The van der Waals surface area contributed by atoms with Gasteiger partial charge in [0.1, 0.15) is 29.1 Å². The van der Waals surface area contributed by atoms with Crippen molar-refractivity contribution >= 4 is 23.4 Å². The fraction of sp³-hybridized carbons (Fsp3) is 0.304. The van der Waals surface area contributed by atoms with Gasteiger partial charge in [-0.15, -0.1) is 0 Å². The largest absolute Gasteiger partial charge is 0.353 e. The van der Waals surface area contributed by atoms with Crippen LogP contribution in [0, 0.1) is 19.7 Å². The average Bonchev–Trinajstić information content (AvgIpc) is 2.75. The van der Waals surface area contributed by atoms with Gasteiger partial charge in [-0.1, -0.05) is 18.2 Å². The van der Waals surface area contributed by atoms with E-state index in [4.69, 9.17) is 0 Å². The number of nitrogens with one attached hydrogen (secondary N) is 1. The molecule has 2 aromatic heterocycles. The van der Waals surface area contributed by atoms with Crippen LogP contribution in [0.4, 0.5) is 21.8 Å². The lowest BCUT2D eigenvalue weighted by molar-refractivity contribution is -0.130. The van der Waals surface area contributed by atoms with E-state index in [2.05, 4.69) is 25.2 Å². The molecule has 7 nitrogen and oxygen atoms in total. The van der Waals surface area contributed by atoms with Gasteiger partial charge in [-0.25, -0.2) is 19.3 Å². The molecule has 1 fully saturated rings. The van der Waals surface area contributed by atoms with E-state index in [1.54, 1.807) is 29.3 Å². The molecule has 0 unspecified atom stereocenters. The molecule has 1 amide bonds. The molecule has 1 saturated heterocycles. The Hall–Kier alpha value is -3.55. The Morgan fingerprint density at radius 2 is 1.81 bits per heavy atom. The molecule has 160 valence electrons. The number of rotatable bonds is 5. The van der Waals surface area contributed by atoms with Crippen LogP contribution in [-0.4, -0.2) is 51.9 Å². The molecule has 4 rings (SSSR count). The summed E-state index contributed by atoms with van der Waals surface area (Å²) in [7, 11) is 0. The summed E-state index contributed by atoms with van der Waals surface area (Å²) in [6.07, 6.45) is 1.83. The maximum Gasteiger partial charge on any atom is 0.227 e. The molecule has 0 bridgehead atoms. The van der Waals surface area contributed by atoms with Crippen LogP contribution in [-0.2, 0) is 11.2 Å². The van der Waals surface area contributed by atoms with Gasteiger partial charge < -0.3 is 15.1 Å². The minimum atomic E-state index is -0.339. The standard InChI is InChI=1S/C23H25FN6O/c1-16-7-8-25-20(13-16)28-21-15-22(27-17(2)26-21)29-9-11-30(12-10-29)23(31)14-18-5-3-4-6-19(18)24/h3-8,13,15H,9-12,14H2,1-2H3,(H,25,26,27,28). The predicted octanol–water partition coefficient (Wildman–Crippen LogP) is 3.26. The van der Waals surface area contributed by atoms with E-state index in [1.165, 1.54) is 6.07 Å². The average molecular weight is 420 g/mol. The molecule has 3 aromatic rings. The third-order valence-corrected chi connectivity index (χ3v) is 5.25. The predicted molar refractivity (Wildman–Crippen MR) is 118 cm³/mol. The van der Waals surface area contributed by atoms with E-state index in [0.717, 1.165) is 17.2 Å². The second-order valence-corrected chi connectivity index (χ2v) is 7.64. The van der Waals surface area contributed by atoms with E-state index in [9.17, 15) is 9.18 Å². The van der Waals surface area contributed by atoms with Gasteiger partial charge in [-0.2, -0.15) is 0 Å². The first-order valence-electron chi connectivity index (χ1n) is 10.3. The van der Waals surface area contributed by atoms with Crippen molar-refractivity contribution in [2.45, 2.75) is 20.3 Å². The van der Waals surface area contributed by atoms with Gasteiger partial charge in [0.15, 0.2) is 0 Å². The van der Waals surface area contributed by atoms with Crippen LogP contribution >= 0.6 is 0 Å². The lowest BCUT2D eigenvalue weighted by Crippen LogP contribution is -2.49. The third-order valence-electron chi connectivity index (χ3n) is 5.25. The molecule has 1 aliphatic heterocycles. The Bertz CT molecular complexity index is 1080. The van der Waals surface area contributed by atoms with E-state index >= 15 is 0 Å². The van der Waals surface area contributed by atoms with Gasteiger partial charge >= 0.3 is 0 Å². The van der Waals surface area contributed by atoms with Crippen molar-refractivity contribution in [2.24, 2.45) is 0 Å². The molecule has 1 aliphatic rings. The van der Waals surface area contributed by atoms with Crippen LogP contribution in [0.5, 0.6) is 0 Å². The van der Waals surface area contributed by atoms with Gasteiger partial charge in [0, 0.05) is 38.4 Å². The van der Waals surface area contributed by atoms with Crippen molar-refractivity contribution in [3.05, 3.63) is 71.4 Å². The number of carbonyl (C=O) groups is 1. The van der Waals surface area contributed by atoms with E-state index in [0.29, 0.717) is 43.4 Å². The third kappa shape index (κ3) is 5.14. The summed E-state index contributed by atoms with van der Waals surface area (Å²) >= 11 is 0. The van der Waals surface area contributed by atoms with Gasteiger partial charge in [0.05, 0.1) is 6.42 Å². The summed E-state index contributed by atoms with van der Waals surface area (Å²) in [6, 6.07) is 12.2. The Balaban J connectivity index is 1.40. The summed E-state index contributed by atoms with van der Waals surface area (Å²) in [5.41, 5.74) is 1.54. The summed E-state index contributed by atoms with van der Waals surface area (Å²) in [5, 5.41) is 3.24. The van der Waals surface area contributed by atoms with Crippen molar-refractivity contribution in [2.75, 3.05) is 36.4 Å². The van der Waals surface area contributed by atoms with Crippen molar-refractivity contribution in [1.82, 2.24) is 19.9 Å². The minimum Gasteiger partial charge on any atom is -0.353 e. The fourth-order valence-corrected chi connectivity index (χ4v) is 3.62. The molecule has 1 aromatic carbocycles. The Morgan fingerprint density at radius 1 is 1.03 bits per heavy atom. The highest BCUT2D eigenvalue weighted by molar-refractivity contribution is 5.79. The molecule has 31 heavy (non-hydrogen) atoms. The van der Waals surface area contributed by atoms with Crippen LogP contribution in [0.25, 0.3) is 0 Å². The SMILES string of the molecule is Cc1ccnc(Nc2cc(N3CCN(C(=O)Cc4ccccc4F)CC3)nc(C)n2)c1. The van der Waals surface area contributed by atoms with Gasteiger partial charge in [-0.05, 0) is 43.2 Å². The molecule has 1 N–H and O–H groups in total. The molecule has 3 heterocycles. The second-order valence-electron chi connectivity index (χ2n) is 7.64. The molecule has 0 radical (unpaired) electrons. The number of halogens is 1. The highest BCUT2D eigenvalue weighted by atomic mass is 19.1. The minimum absolute atomic E-state index is 0.0588. The first kappa shape index (κ1) is 20.7. The van der Waals surface area contributed by atoms with Gasteiger partial charge in [0.25, 0.3) is 0 Å². The number of pyridine rings is 1. The topological polar surface area (TPSA) is 74.2 Å². The Morgan fingerprint density at radius 3 is 2.55 bits per heavy atom. The number of nitrogens with zero attached hydrogens (tertiary/aromatic N) is 5. The fourth-order valence-electron chi connectivity index (χ4n) is 3.62. The van der Waals surface area contributed by atoms with E-state index in [1.807, 2.05) is 32.0 Å². The highest BCUT2D eigenvalue weighted by Gasteiger charge is 2.23. The van der Waals surface area contributed by atoms with Crippen LogP contribution in [0.15, 0.2) is 48.7 Å². The molecule has 0 aliphatic carbocycles. The van der Waals surface area contributed by atoms with Crippen molar-refractivity contribution in [3.63, 3.8) is 0 Å². The lowest BCUT2D eigenvalue weighted by Gasteiger charge is -2.35. The van der Waals surface area contributed by atoms with Gasteiger partial charge in [-0.3, -0.25) is 4.79 Å². The molecule has 8 heteroatoms. The Labute approximate surface area is 181 Å². The van der Waals surface area contributed by atoms with Crippen molar-refractivity contribution in [1.29, 1.82) is 0 Å². The quantitative estimate of drug-likeness (QED) is 0.683. The number of aryl methyl sites for hydroxylation is 2. The van der Waals surface area contributed by atoms with Crippen LogP contribution in [0.1, 0.15) is 17.0 Å². The van der Waals surface area contributed by atoms with Crippen molar-refractivity contribution in [3.8, 4) is 0 Å². The molecule has 0 atom stereocenters. The van der Waals surface area contributed by atoms with Crippen LogP contribution in [0.3, 0.4) is 0 Å². The summed E-state index contributed by atoms with van der Waals surface area (Å²) in [6.45, 7) is 6.31. The zero-order valence-electron chi connectivity index (χ0n) is 17.7. The zero-order valence-corrected chi connectivity index (χ0v) is 17.7. The zero-order chi connectivity index (χ0) is 21.8. The lowest BCUT2D eigenvalue weighted by atomic mass is 10.1. The highest BCUT2D eigenvalue weighted by Crippen LogP contribution is 2.21. The number of piperazine rings is 1. The molecular formula is C23H25FN6O. The summed E-state index contributed by atoms with van der Waals surface area (Å²) < 4.78 is 13.9. The Kier molecular flexibility index (Phi) is 6.06. The smallest absolute Gasteiger partial charge is 0.227 e. The molecule has 0 spiro atoms. The number of hydrogen-bond donors (Lipinski definition) is 1. The van der Waals surface area contributed by atoms with Gasteiger partial charge in [0.2, 0.25) is 5.91 Å².